The van der Waals surface area contributed by atoms with Crippen molar-refractivity contribution in [3.63, 3.8) is 0 Å². The molecular weight excluding hydrogens is 220 g/mol. The molecule has 0 amide bonds. The molecule has 0 spiro atoms. The minimum atomic E-state index is 0.253. The minimum absolute atomic E-state index is 0.253. The summed E-state index contributed by atoms with van der Waals surface area (Å²) < 4.78 is 0. The lowest BCUT2D eigenvalue weighted by Crippen LogP contribution is -2.40. The van der Waals surface area contributed by atoms with Crippen LogP contribution in [0.15, 0.2) is 0 Å². The molecule has 0 atom stereocenters. The van der Waals surface area contributed by atoms with Crippen molar-refractivity contribution >= 4 is 0 Å². The minimum Gasteiger partial charge on any atom is -0.311 e. The van der Waals surface area contributed by atoms with E-state index in [1.807, 2.05) is 0 Å². The number of nitrogens with zero attached hydrogens (tertiary/aromatic N) is 1. The first-order valence-electron chi connectivity index (χ1n) is 7.91. The normalized spacial score (nSPS) is 18.5. The van der Waals surface area contributed by atoms with Crippen molar-refractivity contribution in [1.29, 1.82) is 0 Å². The summed E-state index contributed by atoms with van der Waals surface area (Å²) in [4.78, 5) is 2.47. The Hall–Kier alpha value is -0.0800. The maximum atomic E-state index is 3.55. The third-order valence-electron chi connectivity index (χ3n) is 4.03. The molecule has 0 aromatic heterocycles. The zero-order chi connectivity index (χ0) is 13.4. The molecule has 0 heterocycles. The second-order valence-electron chi connectivity index (χ2n) is 7.13. The maximum Gasteiger partial charge on any atom is 0.0104 e. The molecule has 0 saturated heterocycles. The summed E-state index contributed by atoms with van der Waals surface area (Å²) in [5, 5.41) is 3.55. The van der Waals surface area contributed by atoms with E-state index in [0.717, 1.165) is 12.5 Å². The third-order valence-corrected chi connectivity index (χ3v) is 4.03. The predicted octanol–water partition coefficient (Wildman–Crippen LogP) is 3.67. The fraction of sp³-hybridized carbons (Fsp3) is 1.00. The average Bonchev–Trinajstić information content (AvgIpc) is 2.28. The Balaban J connectivity index is 1.97. The van der Waals surface area contributed by atoms with Crippen molar-refractivity contribution in [2.24, 2.45) is 5.92 Å². The van der Waals surface area contributed by atoms with Gasteiger partial charge in [-0.3, -0.25) is 0 Å². The van der Waals surface area contributed by atoms with Gasteiger partial charge in [0, 0.05) is 18.6 Å². The second-order valence-corrected chi connectivity index (χ2v) is 7.13. The number of hydrogen-bond acceptors (Lipinski definition) is 2. The van der Waals surface area contributed by atoms with Crippen LogP contribution in [0.5, 0.6) is 0 Å². The molecular formula is C16H34N2. The summed E-state index contributed by atoms with van der Waals surface area (Å²) in [6.45, 7) is 10.2. The molecule has 0 aromatic carbocycles. The molecule has 1 rings (SSSR count). The summed E-state index contributed by atoms with van der Waals surface area (Å²) in [7, 11) is 2.26. The highest BCUT2D eigenvalue weighted by Crippen LogP contribution is 2.27. The molecule has 0 bridgehead atoms. The van der Waals surface area contributed by atoms with Gasteiger partial charge in [-0.2, -0.15) is 0 Å². The highest BCUT2D eigenvalue weighted by molar-refractivity contribution is 4.71. The molecule has 1 N–H and O–H groups in total. The van der Waals surface area contributed by atoms with Crippen molar-refractivity contribution in [2.45, 2.75) is 71.3 Å². The summed E-state index contributed by atoms with van der Waals surface area (Å²) in [5.74, 6) is 1.04. The van der Waals surface area contributed by atoms with Crippen LogP contribution in [0.3, 0.4) is 0 Å². The maximum absolute atomic E-state index is 3.55. The van der Waals surface area contributed by atoms with E-state index in [0.29, 0.717) is 0 Å². The smallest absolute Gasteiger partial charge is 0.0104 e. The van der Waals surface area contributed by atoms with Crippen molar-refractivity contribution < 1.29 is 0 Å². The van der Waals surface area contributed by atoms with E-state index in [1.54, 1.807) is 0 Å². The summed E-state index contributed by atoms with van der Waals surface area (Å²) in [5.41, 5.74) is 0.253. The van der Waals surface area contributed by atoms with Crippen LogP contribution >= 0.6 is 0 Å². The van der Waals surface area contributed by atoms with Crippen molar-refractivity contribution in [1.82, 2.24) is 10.2 Å². The number of hydrogen-bond donors (Lipinski definition) is 1. The first kappa shape index (κ1) is 16.0. The van der Waals surface area contributed by atoms with Crippen LogP contribution in [0.4, 0.5) is 0 Å². The van der Waals surface area contributed by atoms with Crippen molar-refractivity contribution in [3.05, 3.63) is 0 Å². The Morgan fingerprint density at radius 1 is 1.06 bits per heavy atom. The number of nitrogens with one attached hydrogen (secondary N) is 1. The molecule has 1 aliphatic rings. The third kappa shape index (κ3) is 8.10. The number of likely N-dealkylation sites (N-methyl/N-ethyl adjacent to an activating group) is 1. The molecule has 2 nitrogen and oxygen atoms in total. The standard InChI is InChI=1S/C16H34N2/c1-16(2,3)17-12-14-18(4)13-8-11-15-9-6-5-7-10-15/h15,17H,5-14H2,1-4H3. The molecule has 1 fully saturated rings. The zero-order valence-corrected chi connectivity index (χ0v) is 13.1. The SMILES string of the molecule is CN(CCCC1CCCCC1)CCNC(C)(C)C. The van der Waals surface area contributed by atoms with Gasteiger partial charge < -0.3 is 10.2 Å². The summed E-state index contributed by atoms with van der Waals surface area (Å²) in [6.07, 6.45) is 10.3. The Kier molecular flexibility index (Phi) is 7.25. The van der Waals surface area contributed by atoms with E-state index >= 15 is 0 Å². The van der Waals surface area contributed by atoms with Crippen LogP contribution in [0, 0.1) is 5.92 Å². The lowest BCUT2D eigenvalue weighted by Gasteiger charge is -2.25. The first-order valence-corrected chi connectivity index (χ1v) is 7.91. The van der Waals surface area contributed by atoms with E-state index in [1.165, 1.54) is 58.0 Å². The van der Waals surface area contributed by atoms with Crippen LogP contribution < -0.4 is 5.32 Å². The van der Waals surface area contributed by atoms with Gasteiger partial charge in [-0.1, -0.05) is 32.1 Å². The number of rotatable bonds is 7. The molecule has 0 unspecified atom stereocenters. The molecule has 108 valence electrons. The highest BCUT2D eigenvalue weighted by Gasteiger charge is 2.13. The van der Waals surface area contributed by atoms with Gasteiger partial charge in [0.1, 0.15) is 0 Å². The first-order chi connectivity index (χ1) is 8.47. The summed E-state index contributed by atoms with van der Waals surface area (Å²) in [6, 6.07) is 0. The van der Waals surface area contributed by atoms with Gasteiger partial charge in [-0.25, -0.2) is 0 Å². The quantitative estimate of drug-likeness (QED) is 0.746. The van der Waals surface area contributed by atoms with E-state index in [-0.39, 0.29) is 5.54 Å². The van der Waals surface area contributed by atoms with E-state index in [9.17, 15) is 0 Å². The van der Waals surface area contributed by atoms with Gasteiger partial charge >= 0.3 is 0 Å². The van der Waals surface area contributed by atoms with E-state index in [2.05, 4.69) is 38.0 Å². The zero-order valence-electron chi connectivity index (χ0n) is 13.1. The predicted molar refractivity (Wildman–Crippen MR) is 81.1 cm³/mol. The fourth-order valence-electron chi connectivity index (χ4n) is 2.86. The Bertz CT molecular complexity index is 202. The van der Waals surface area contributed by atoms with Gasteiger partial charge in [-0.15, -0.1) is 0 Å². The monoisotopic (exact) mass is 254 g/mol. The average molecular weight is 254 g/mol. The molecule has 0 aromatic rings. The molecule has 1 saturated carbocycles. The molecule has 18 heavy (non-hydrogen) atoms. The Labute approximate surface area is 115 Å². The van der Waals surface area contributed by atoms with Gasteiger partial charge in [0.25, 0.3) is 0 Å². The van der Waals surface area contributed by atoms with Gasteiger partial charge in [0.15, 0.2) is 0 Å². The van der Waals surface area contributed by atoms with Crippen molar-refractivity contribution in [3.8, 4) is 0 Å². The van der Waals surface area contributed by atoms with Crippen LogP contribution in [0.2, 0.25) is 0 Å². The Morgan fingerprint density at radius 3 is 2.33 bits per heavy atom. The fourth-order valence-corrected chi connectivity index (χ4v) is 2.86. The molecule has 0 radical (unpaired) electrons. The van der Waals surface area contributed by atoms with Gasteiger partial charge in [0.05, 0.1) is 0 Å². The second kappa shape index (κ2) is 8.16. The topological polar surface area (TPSA) is 15.3 Å². The largest absolute Gasteiger partial charge is 0.311 e. The lowest BCUT2D eigenvalue weighted by molar-refractivity contribution is 0.276. The van der Waals surface area contributed by atoms with Crippen LogP contribution in [0.1, 0.15) is 65.7 Å². The van der Waals surface area contributed by atoms with Gasteiger partial charge in [0.2, 0.25) is 0 Å². The van der Waals surface area contributed by atoms with Crippen LogP contribution in [-0.2, 0) is 0 Å². The molecule has 1 aliphatic carbocycles. The van der Waals surface area contributed by atoms with Crippen LogP contribution in [0.25, 0.3) is 0 Å². The van der Waals surface area contributed by atoms with Crippen LogP contribution in [-0.4, -0.2) is 37.1 Å². The van der Waals surface area contributed by atoms with E-state index in [4.69, 9.17) is 0 Å². The van der Waals surface area contributed by atoms with Crippen molar-refractivity contribution in [2.75, 3.05) is 26.7 Å². The van der Waals surface area contributed by atoms with Gasteiger partial charge in [-0.05, 0) is 53.1 Å². The molecule has 2 heteroatoms. The molecule has 0 aliphatic heterocycles. The highest BCUT2D eigenvalue weighted by atomic mass is 15.1. The summed E-state index contributed by atoms with van der Waals surface area (Å²) >= 11 is 0. The Morgan fingerprint density at radius 2 is 1.72 bits per heavy atom. The van der Waals surface area contributed by atoms with E-state index < -0.39 is 0 Å². The lowest BCUT2D eigenvalue weighted by atomic mass is 9.86.